The van der Waals surface area contributed by atoms with E-state index in [0.29, 0.717) is 6.04 Å². The Bertz CT molecular complexity index is 335. The summed E-state index contributed by atoms with van der Waals surface area (Å²) in [7, 11) is 4.04. The van der Waals surface area contributed by atoms with Gasteiger partial charge in [0.1, 0.15) is 0 Å². The van der Waals surface area contributed by atoms with Crippen molar-refractivity contribution in [2.24, 2.45) is 0 Å². The van der Waals surface area contributed by atoms with Crippen LogP contribution >= 0.6 is 24.0 Å². The number of hydrogen-bond acceptors (Lipinski definition) is 2. The summed E-state index contributed by atoms with van der Waals surface area (Å²) in [6.45, 7) is 1.11. The van der Waals surface area contributed by atoms with Gasteiger partial charge in [0.15, 0.2) is 0 Å². The second-order valence-electron chi connectivity index (χ2n) is 3.90. The Morgan fingerprint density at radius 3 is 2.47 bits per heavy atom. The zero-order valence-corrected chi connectivity index (χ0v) is 10.5. The number of benzene rings is 1. The van der Waals surface area contributed by atoms with Crippen LogP contribution in [0.25, 0.3) is 0 Å². The Kier molecular flexibility index (Phi) is 4.26. The van der Waals surface area contributed by atoms with Crippen LogP contribution in [0.2, 0.25) is 5.02 Å². The van der Waals surface area contributed by atoms with Gasteiger partial charge >= 0.3 is 0 Å². The fraction of sp³-hybridized carbons (Fsp3) is 0.455. The van der Waals surface area contributed by atoms with Gasteiger partial charge in [0.05, 0.1) is 0 Å². The summed E-state index contributed by atoms with van der Waals surface area (Å²) < 4.78 is 0. The van der Waals surface area contributed by atoms with Gasteiger partial charge in [0.25, 0.3) is 0 Å². The number of nitrogens with one attached hydrogen (secondary N) is 1. The monoisotopic (exact) mass is 246 g/mol. The Morgan fingerprint density at radius 1 is 1.40 bits per heavy atom. The number of nitrogens with zero attached hydrogens (tertiary/aromatic N) is 1. The van der Waals surface area contributed by atoms with Crippen molar-refractivity contribution in [1.82, 2.24) is 5.32 Å². The normalized spacial score (nSPS) is 19.0. The molecule has 1 saturated heterocycles. The molecule has 0 radical (unpaired) electrons. The second kappa shape index (κ2) is 5.06. The van der Waals surface area contributed by atoms with Crippen LogP contribution < -0.4 is 10.2 Å². The first-order valence-corrected chi connectivity index (χ1v) is 5.26. The average Bonchev–Trinajstić information content (AvgIpc) is 2.04. The van der Waals surface area contributed by atoms with E-state index >= 15 is 0 Å². The maximum Gasteiger partial charge on any atom is 0.0474 e. The van der Waals surface area contributed by atoms with Crippen LogP contribution in [0.3, 0.4) is 0 Å². The molecule has 0 amide bonds. The first-order valence-electron chi connectivity index (χ1n) is 4.88. The molecular formula is C11H16Cl2N2. The number of anilines is 1. The predicted octanol–water partition coefficient (Wildman–Crippen LogP) is 2.86. The number of rotatable bonds is 2. The van der Waals surface area contributed by atoms with Crippen LogP contribution in [0.4, 0.5) is 5.69 Å². The molecule has 0 unspecified atom stereocenters. The van der Waals surface area contributed by atoms with Crippen molar-refractivity contribution < 1.29 is 0 Å². The van der Waals surface area contributed by atoms with E-state index in [-0.39, 0.29) is 12.4 Å². The molecule has 0 spiro atoms. The molecule has 84 valence electrons. The van der Waals surface area contributed by atoms with Crippen molar-refractivity contribution in [2.75, 3.05) is 25.5 Å². The van der Waals surface area contributed by atoms with E-state index < -0.39 is 0 Å². The molecule has 0 aromatic heterocycles. The van der Waals surface area contributed by atoms with E-state index in [2.05, 4.69) is 22.3 Å². The van der Waals surface area contributed by atoms with E-state index in [1.54, 1.807) is 0 Å². The fourth-order valence-corrected chi connectivity index (χ4v) is 1.94. The highest BCUT2D eigenvalue weighted by molar-refractivity contribution is 6.31. The van der Waals surface area contributed by atoms with Crippen molar-refractivity contribution in [3.8, 4) is 0 Å². The van der Waals surface area contributed by atoms with Crippen molar-refractivity contribution in [1.29, 1.82) is 0 Å². The minimum Gasteiger partial charge on any atom is -0.378 e. The van der Waals surface area contributed by atoms with Crippen LogP contribution in [0, 0.1) is 0 Å². The first kappa shape index (κ1) is 12.6. The Morgan fingerprint density at radius 2 is 2.07 bits per heavy atom. The molecule has 4 heteroatoms. The van der Waals surface area contributed by atoms with Crippen LogP contribution in [0.1, 0.15) is 18.0 Å². The largest absolute Gasteiger partial charge is 0.378 e. The fourth-order valence-electron chi connectivity index (χ4n) is 1.63. The van der Waals surface area contributed by atoms with Gasteiger partial charge < -0.3 is 10.2 Å². The van der Waals surface area contributed by atoms with Crippen LogP contribution in [-0.4, -0.2) is 20.6 Å². The summed E-state index contributed by atoms with van der Waals surface area (Å²) in [4.78, 5) is 2.06. The molecule has 15 heavy (non-hydrogen) atoms. The Labute approximate surface area is 102 Å². The molecule has 1 aliphatic heterocycles. The minimum atomic E-state index is 0. The third-order valence-electron chi connectivity index (χ3n) is 2.70. The first-order chi connectivity index (χ1) is 6.68. The molecule has 2 rings (SSSR count). The van der Waals surface area contributed by atoms with Gasteiger partial charge in [-0.3, -0.25) is 0 Å². The molecule has 1 fully saturated rings. The summed E-state index contributed by atoms with van der Waals surface area (Å²) in [5.74, 6) is 0. The van der Waals surface area contributed by atoms with Gasteiger partial charge in [-0.15, -0.1) is 12.4 Å². The van der Waals surface area contributed by atoms with Crippen molar-refractivity contribution in [3.63, 3.8) is 0 Å². The smallest absolute Gasteiger partial charge is 0.0474 e. The van der Waals surface area contributed by atoms with E-state index in [4.69, 9.17) is 11.6 Å². The molecule has 2 nitrogen and oxygen atoms in total. The molecule has 1 N–H and O–H groups in total. The maximum atomic E-state index is 6.21. The molecule has 1 aromatic rings. The zero-order chi connectivity index (χ0) is 10.1. The lowest BCUT2D eigenvalue weighted by Gasteiger charge is -2.29. The van der Waals surface area contributed by atoms with Crippen LogP contribution in [0.15, 0.2) is 18.2 Å². The van der Waals surface area contributed by atoms with Gasteiger partial charge in [-0.2, -0.15) is 0 Å². The number of halogens is 2. The number of hydrogen-bond donors (Lipinski definition) is 1. The second-order valence-corrected chi connectivity index (χ2v) is 4.30. The van der Waals surface area contributed by atoms with Crippen molar-refractivity contribution in [3.05, 3.63) is 28.8 Å². The summed E-state index contributed by atoms with van der Waals surface area (Å²) in [6, 6.07) is 6.73. The molecule has 0 saturated carbocycles. The highest BCUT2D eigenvalue weighted by atomic mass is 35.5. The highest BCUT2D eigenvalue weighted by Crippen LogP contribution is 2.31. The highest BCUT2D eigenvalue weighted by Gasteiger charge is 2.20. The zero-order valence-electron chi connectivity index (χ0n) is 8.96. The van der Waals surface area contributed by atoms with Crippen molar-refractivity contribution in [2.45, 2.75) is 12.5 Å². The molecule has 1 heterocycles. The average molecular weight is 247 g/mol. The molecule has 1 aromatic carbocycles. The van der Waals surface area contributed by atoms with Gasteiger partial charge in [-0.1, -0.05) is 17.7 Å². The molecule has 1 atom stereocenters. The third kappa shape index (κ3) is 2.57. The lowest BCUT2D eigenvalue weighted by atomic mass is 9.98. The minimum absolute atomic E-state index is 0. The van der Waals surface area contributed by atoms with E-state index in [1.807, 2.05) is 20.2 Å². The van der Waals surface area contributed by atoms with E-state index in [9.17, 15) is 0 Å². The predicted molar refractivity (Wildman–Crippen MR) is 68.4 cm³/mol. The van der Waals surface area contributed by atoms with Crippen LogP contribution in [0.5, 0.6) is 0 Å². The topological polar surface area (TPSA) is 15.3 Å². The van der Waals surface area contributed by atoms with E-state index in [1.165, 1.54) is 12.0 Å². The molecule has 0 bridgehead atoms. The van der Waals surface area contributed by atoms with Gasteiger partial charge in [-0.25, -0.2) is 0 Å². The lowest BCUT2D eigenvalue weighted by Crippen LogP contribution is -2.35. The molecule has 0 aliphatic carbocycles. The van der Waals surface area contributed by atoms with E-state index in [0.717, 1.165) is 17.3 Å². The van der Waals surface area contributed by atoms with Gasteiger partial charge in [0, 0.05) is 30.8 Å². The summed E-state index contributed by atoms with van der Waals surface area (Å²) in [5.41, 5.74) is 2.38. The Hall–Kier alpha value is -0.440. The summed E-state index contributed by atoms with van der Waals surface area (Å²) >= 11 is 6.21. The maximum absolute atomic E-state index is 6.21. The lowest BCUT2D eigenvalue weighted by molar-refractivity contribution is 0.383. The van der Waals surface area contributed by atoms with Gasteiger partial charge in [-0.05, 0) is 30.7 Å². The van der Waals surface area contributed by atoms with Gasteiger partial charge in [0.2, 0.25) is 0 Å². The standard InChI is InChI=1S/C11H15ClN2.ClH/c1-14(2)8-3-4-9(10(12)7-8)11-5-6-13-11;/h3-4,7,11,13H,5-6H2,1-2H3;1H/t11-;/m1./s1. The Balaban J connectivity index is 0.00000112. The van der Waals surface area contributed by atoms with Crippen molar-refractivity contribution >= 4 is 29.7 Å². The third-order valence-corrected chi connectivity index (χ3v) is 3.03. The van der Waals surface area contributed by atoms with Crippen LogP contribution in [-0.2, 0) is 0 Å². The summed E-state index contributed by atoms with van der Waals surface area (Å²) in [6.07, 6.45) is 1.20. The summed E-state index contributed by atoms with van der Waals surface area (Å²) in [5, 5.41) is 4.22. The quantitative estimate of drug-likeness (QED) is 0.864. The molecule has 1 aliphatic rings. The SMILES string of the molecule is CN(C)c1ccc([C@H]2CCN2)c(Cl)c1.Cl. The molecular weight excluding hydrogens is 231 g/mol.